The van der Waals surface area contributed by atoms with E-state index >= 15 is 0 Å². The highest BCUT2D eigenvalue weighted by Crippen LogP contribution is 2.27. The molecule has 1 heterocycles. The SMILES string of the molecule is Cc1ccc(Br)c2nccc(C(=O)O)c12. The summed E-state index contributed by atoms with van der Waals surface area (Å²) in [5, 5.41) is 9.75. The van der Waals surface area contributed by atoms with E-state index in [4.69, 9.17) is 5.11 Å². The third kappa shape index (κ3) is 1.61. The van der Waals surface area contributed by atoms with Gasteiger partial charge in [0, 0.05) is 16.1 Å². The van der Waals surface area contributed by atoms with Crippen molar-refractivity contribution in [3.63, 3.8) is 0 Å². The zero-order valence-corrected chi connectivity index (χ0v) is 9.58. The molecule has 2 rings (SSSR count). The maximum absolute atomic E-state index is 11.0. The van der Waals surface area contributed by atoms with E-state index in [-0.39, 0.29) is 0 Å². The number of aryl methyl sites for hydroxylation is 1. The van der Waals surface area contributed by atoms with Gasteiger partial charge in [-0.05, 0) is 40.5 Å². The first-order valence-electron chi connectivity index (χ1n) is 4.38. The smallest absolute Gasteiger partial charge is 0.336 e. The van der Waals surface area contributed by atoms with Gasteiger partial charge in [0.25, 0.3) is 0 Å². The number of halogens is 1. The molecule has 3 nitrogen and oxygen atoms in total. The molecule has 0 aliphatic rings. The van der Waals surface area contributed by atoms with E-state index in [0.29, 0.717) is 16.5 Å². The van der Waals surface area contributed by atoms with Crippen LogP contribution in [-0.4, -0.2) is 16.1 Å². The third-order valence-corrected chi connectivity index (χ3v) is 2.92. The molecular formula is C11H8BrNO2. The van der Waals surface area contributed by atoms with Crippen molar-refractivity contribution in [2.45, 2.75) is 6.92 Å². The molecule has 4 heteroatoms. The maximum Gasteiger partial charge on any atom is 0.336 e. The Morgan fingerprint density at radius 3 is 2.80 bits per heavy atom. The number of fused-ring (bicyclic) bond motifs is 1. The minimum absolute atomic E-state index is 0.291. The summed E-state index contributed by atoms with van der Waals surface area (Å²) < 4.78 is 0.811. The topological polar surface area (TPSA) is 50.2 Å². The molecule has 0 radical (unpaired) electrons. The highest BCUT2D eigenvalue weighted by atomic mass is 79.9. The molecule has 15 heavy (non-hydrogen) atoms. The second-order valence-electron chi connectivity index (χ2n) is 3.25. The summed E-state index contributed by atoms with van der Waals surface area (Å²) in [7, 11) is 0. The van der Waals surface area contributed by atoms with Crippen LogP contribution in [-0.2, 0) is 0 Å². The predicted molar refractivity (Wildman–Crippen MR) is 61.1 cm³/mol. The largest absolute Gasteiger partial charge is 0.478 e. The summed E-state index contributed by atoms with van der Waals surface area (Å²) in [6.45, 7) is 1.88. The van der Waals surface area contributed by atoms with Crippen LogP contribution in [0.15, 0.2) is 28.9 Å². The zero-order chi connectivity index (χ0) is 11.0. The minimum Gasteiger partial charge on any atom is -0.478 e. The van der Waals surface area contributed by atoms with Crippen LogP contribution < -0.4 is 0 Å². The van der Waals surface area contributed by atoms with E-state index in [1.807, 2.05) is 19.1 Å². The van der Waals surface area contributed by atoms with E-state index in [9.17, 15) is 4.79 Å². The highest BCUT2D eigenvalue weighted by Gasteiger charge is 2.12. The van der Waals surface area contributed by atoms with Crippen molar-refractivity contribution in [3.05, 3.63) is 40.0 Å². The van der Waals surface area contributed by atoms with Crippen molar-refractivity contribution in [1.82, 2.24) is 4.98 Å². The third-order valence-electron chi connectivity index (χ3n) is 2.28. The number of hydrogen-bond donors (Lipinski definition) is 1. The van der Waals surface area contributed by atoms with Gasteiger partial charge in [0.05, 0.1) is 11.1 Å². The Kier molecular flexibility index (Phi) is 2.44. The molecule has 0 saturated heterocycles. The van der Waals surface area contributed by atoms with Crippen molar-refractivity contribution < 1.29 is 9.90 Å². The van der Waals surface area contributed by atoms with Gasteiger partial charge in [-0.2, -0.15) is 0 Å². The second kappa shape index (κ2) is 3.62. The van der Waals surface area contributed by atoms with Crippen LogP contribution in [0.3, 0.4) is 0 Å². The van der Waals surface area contributed by atoms with Gasteiger partial charge >= 0.3 is 5.97 Å². The number of nitrogens with zero attached hydrogens (tertiary/aromatic N) is 1. The number of carboxylic acids is 1. The van der Waals surface area contributed by atoms with E-state index in [1.54, 1.807) is 0 Å². The van der Waals surface area contributed by atoms with Crippen LogP contribution in [0.2, 0.25) is 0 Å². The first-order chi connectivity index (χ1) is 7.11. The van der Waals surface area contributed by atoms with Crippen molar-refractivity contribution >= 4 is 32.8 Å². The zero-order valence-electron chi connectivity index (χ0n) is 7.99. The normalized spacial score (nSPS) is 10.5. The Morgan fingerprint density at radius 1 is 1.40 bits per heavy atom. The molecule has 0 bridgehead atoms. The number of aromatic nitrogens is 1. The number of benzene rings is 1. The molecule has 76 valence electrons. The van der Waals surface area contributed by atoms with Crippen molar-refractivity contribution in [2.24, 2.45) is 0 Å². The number of pyridine rings is 1. The number of carboxylic acid groups (broad SMARTS) is 1. The van der Waals surface area contributed by atoms with Crippen molar-refractivity contribution in [2.75, 3.05) is 0 Å². The molecule has 1 N–H and O–H groups in total. The molecule has 2 aromatic rings. The quantitative estimate of drug-likeness (QED) is 0.863. The summed E-state index contributed by atoms with van der Waals surface area (Å²) in [4.78, 5) is 15.2. The monoisotopic (exact) mass is 265 g/mol. The van der Waals surface area contributed by atoms with Crippen molar-refractivity contribution in [3.8, 4) is 0 Å². The van der Waals surface area contributed by atoms with Crippen molar-refractivity contribution in [1.29, 1.82) is 0 Å². The number of aromatic carboxylic acids is 1. The van der Waals surface area contributed by atoms with Gasteiger partial charge in [-0.15, -0.1) is 0 Å². The summed E-state index contributed by atoms with van der Waals surface area (Å²) >= 11 is 3.36. The fourth-order valence-corrected chi connectivity index (χ4v) is 2.01. The fraction of sp³-hybridized carbons (Fsp3) is 0.0909. The summed E-state index contributed by atoms with van der Waals surface area (Å²) in [5.41, 5.74) is 1.90. The van der Waals surface area contributed by atoms with Crippen LogP contribution in [0.1, 0.15) is 15.9 Å². The summed E-state index contributed by atoms with van der Waals surface area (Å²) in [5.74, 6) is -0.927. The molecule has 0 atom stereocenters. The second-order valence-corrected chi connectivity index (χ2v) is 4.11. The highest BCUT2D eigenvalue weighted by molar-refractivity contribution is 9.10. The average molecular weight is 266 g/mol. The molecule has 0 spiro atoms. The lowest BCUT2D eigenvalue weighted by atomic mass is 10.0. The van der Waals surface area contributed by atoms with Gasteiger partial charge in [-0.25, -0.2) is 4.79 Å². The van der Waals surface area contributed by atoms with Crippen LogP contribution >= 0.6 is 15.9 Å². The molecule has 1 aromatic carbocycles. The summed E-state index contributed by atoms with van der Waals surface area (Å²) in [6, 6.07) is 5.26. The molecular weight excluding hydrogens is 258 g/mol. The van der Waals surface area contributed by atoms with Crippen LogP contribution in [0, 0.1) is 6.92 Å². The number of carbonyl (C=O) groups is 1. The first kappa shape index (κ1) is 10.1. The molecule has 0 amide bonds. The number of rotatable bonds is 1. The van der Waals surface area contributed by atoms with Gasteiger partial charge in [0.1, 0.15) is 0 Å². The first-order valence-corrected chi connectivity index (χ1v) is 5.17. The summed E-state index contributed by atoms with van der Waals surface area (Å²) in [6.07, 6.45) is 1.51. The van der Waals surface area contributed by atoms with E-state index in [1.165, 1.54) is 12.3 Å². The number of hydrogen-bond acceptors (Lipinski definition) is 2. The molecule has 0 fully saturated rings. The molecule has 0 unspecified atom stereocenters. The van der Waals surface area contributed by atoms with Gasteiger partial charge in [0.15, 0.2) is 0 Å². The van der Waals surface area contributed by atoms with E-state index < -0.39 is 5.97 Å². The Morgan fingerprint density at radius 2 is 2.13 bits per heavy atom. The van der Waals surface area contributed by atoms with E-state index in [0.717, 1.165) is 10.0 Å². The molecule has 0 aliphatic heterocycles. The average Bonchev–Trinajstić information content (AvgIpc) is 2.23. The standard InChI is InChI=1S/C11H8BrNO2/c1-6-2-3-8(12)10-9(6)7(11(14)15)4-5-13-10/h2-5H,1H3,(H,14,15). The lowest BCUT2D eigenvalue weighted by Crippen LogP contribution is -1.99. The Bertz CT molecular complexity index is 552. The van der Waals surface area contributed by atoms with Gasteiger partial charge in [-0.3, -0.25) is 4.98 Å². The lowest BCUT2D eigenvalue weighted by molar-refractivity contribution is 0.0699. The van der Waals surface area contributed by atoms with Crippen LogP contribution in [0.4, 0.5) is 0 Å². The molecule has 0 aliphatic carbocycles. The van der Waals surface area contributed by atoms with Gasteiger partial charge < -0.3 is 5.11 Å². The lowest BCUT2D eigenvalue weighted by Gasteiger charge is -2.06. The Balaban J connectivity index is 2.96. The Labute approximate surface area is 94.9 Å². The van der Waals surface area contributed by atoms with Gasteiger partial charge in [-0.1, -0.05) is 6.07 Å². The Hall–Kier alpha value is -1.42. The minimum atomic E-state index is -0.927. The molecule has 0 saturated carbocycles. The predicted octanol–water partition coefficient (Wildman–Crippen LogP) is 3.00. The van der Waals surface area contributed by atoms with Crippen LogP contribution in [0.25, 0.3) is 10.9 Å². The fourth-order valence-electron chi connectivity index (χ4n) is 1.58. The van der Waals surface area contributed by atoms with Crippen LogP contribution in [0.5, 0.6) is 0 Å². The van der Waals surface area contributed by atoms with E-state index in [2.05, 4.69) is 20.9 Å². The van der Waals surface area contributed by atoms with Gasteiger partial charge in [0.2, 0.25) is 0 Å². The maximum atomic E-state index is 11.0. The molecule has 1 aromatic heterocycles.